The molecule has 4 aromatic rings. The minimum atomic E-state index is -4.60. The van der Waals surface area contributed by atoms with Crippen LogP contribution in [0.5, 0.6) is 0 Å². The summed E-state index contributed by atoms with van der Waals surface area (Å²) in [5, 5.41) is 22.7. The molecule has 0 amide bonds. The lowest BCUT2D eigenvalue weighted by molar-refractivity contribution is -0.385. The van der Waals surface area contributed by atoms with Crippen LogP contribution in [0.25, 0.3) is 0 Å². The molecule has 0 radical (unpaired) electrons. The number of hydrogen-bond acceptors (Lipinski definition) is 8. The summed E-state index contributed by atoms with van der Waals surface area (Å²) in [6, 6.07) is 16.0. The second kappa shape index (κ2) is 13.7. The minimum Gasteiger partial charge on any atom is -0.258 e. The number of nitro groups is 2. The normalized spacial score (nSPS) is 12.7. The standard InChI is InChI=1S/C30H20F6N4O4S2/c1-17-15-23(39(41)42)11-13-25(17)37-27(19-3-7-21(8-4-19)29(31,32)33)45-46-28(20-5-9-22(10-6-20)30(34,35)36)38-26-14-12-24(40(43)44)16-18(26)2/h3-16H,1-2H3. The number of rotatable bonds is 6. The van der Waals surface area contributed by atoms with E-state index in [9.17, 15) is 46.6 Å². The van der Waals surface area contributed by atoms with Gasteiger partial charge in [0.05, 0.1) is 32.3 Å². The Bertz CT molecular complexity index is 1710. The van der Waals surface area contributed by atoms with Crippen molar-refractivity contribution in [1.29, 1.82) is 0 Å². The first-order valence-corrected chi connectivity index (χ1v) is 15.0. The fourth-order valence-corrected chi connectivity index (χ4v) is 6.09. The van der Waals surface area contributed by atoms with Crippen molar-refractivity contribution in [2.45, 2.75) is 26.2 Å². The van der Waals surface area contributed by atoms with Crippen LogP contribution in [0.15, 0.2) is 94.9 Å². The van der Waals surface area contributed by atoms with E-state index in [1.165, 1.54) is 60.7 Å². The van der Waals surface area contributed by atoms with Crippen LogP contribution in [0.2, 0.25) is 0 Å². The van der Waals surface area contributed by atoms with Gasteiger partial charge < -0.3 is 0 Å². The maximum absolute atomic E-state index is 13.3. The van der Waals surface area contributed by atoms with Gasteiger partial charge >= 0.3 is 12.4 Å². The molecule has 0 N–H and O–H groups in total. The number of nitrogens with zero attached hydrogens (tertiary/aromatic N) is 4. The third-order valence-corrected chi connectivity index (χ3v) is 8.59. The van der Waals surface area contributed by atoms with Crippen LogP contribution in [0.3, 0.4) is 0 Å². The van der Waals surface area contributed by atoms with Gasteiger partial charge in [-0.25, -0.2) is 9.98 Å². The number of alkyl halides is 6. The van der Waals surface area contributed by atoms with Crippen molar-refractivity contribution in [1.82, 2.24) is 0 Å². The quantitative estimate of drug-likeness (QED) is 0.0501. The Morgan fingerprint density at radius 1 is 0.587 bits per heavy atom. The molecule has 0 aliphatic carbocycles. The van der Waals surface area contributed by atoms with E-state index in [-0.39, 0.29) is 44.0 Å². The van der Waals surface area contributed by atoms with Crippen molar-refractivity contribution in [2.75, 3.05) is 0 Å². The van der Waals surface area contributed by atoms with Crippen LogP contribution in [0.4, 0.5) is 49.1 Å². The molecule has 46 heavy (non-hydrogen) atoms. The Morgan fingerprint density at radius 2 is 0.913 bits per heavy atom. The van der Waals surface area contributed by atoms with Crippen LogP contribution in [0, 0.1) is 34.1 Å². The highest BCUT2D eigenvalue weighted by Crippen LogP contribution is 2.38. The van der Waals surface area contributed by atoms with E-state index >= 15 is 0 Å². The van der Waals surface area contributed by atoms with Crippen LogP contribution < -0.4 is 0 Å². The predicted molar refractivity (Wildman–Crippen MR) is 166 cm³/mol. The molecule has 0 atom stereocenters. The number of hydrogen-bond donors (Lipinski definition) is 0. The molecule has 0 fully saturated rings. The lowest BCUT2D eigenvalue weighted by Crippen LogP contribution is -2.06. The molecule has 238 valence electrons. The van der Waals surface area contributed by atoms with E-state index in [1.54, 1.807) is 13.8 Å². The number of benzene rings is 4. The topological polar surface area (TPSA) is 111 Å². The number of aryl methyl sites for hydroxylation is 2. The molecule has 0 aliphatic heterocycles. The summed E-state index contributed by atoms with van der Waals surface area (Å²) >= 11 is 0. The molecule has 4 rings (SSSR count). The summed E-state index contributed by atoms with van der Waals surface area (Å²) in [4.78, 5) is 30.3. The van der Waals surface area contributed by atoms with Crippen molar-refractivity contribution in [3.8, 4) is 0 Å². The van der Waals surface area contributed by atoms with Gasteiger partial charge in [0.1, 0.15) is 10.1 Å². The zero-order valence-electron chi connectivity index (χ0n) is 23.6. The van der Waals surface area contributed by atoms with Gasteiger partial charge in [-0.3, -0.25) is 20.2 Å². The SMILES string of the molecule is Cc1cc([N+](=O)[O-])ccc1N=C(SSC(=Nc1ccc([N+](=O)[O-])cc1C)c1ccc(C(F)(F)F)cc1)c1ccc(C(F)(F)F)cc1. The fraction of sp³-hybridized carbons (Fsp3) is 0.133. The van der Waals surface area contributed by atoms with Crippen LogP contribution in [-0.2, 0) is 12.4 Å². The fourth-order valence-electron chi connectivity index (χ4n) is 3.92. The molecule has 0 bridgehead atoms. The van der Waals surface area contributed by atoms with Crippen molar-refractivity contribution in [3.63, 3.8) is 0 Å². The number of halogens is 6. The lowest BCUT2D eigenvalue weighted by atomic mass is 10.1. The van der Waals surface area contributed by atoms with Gasteiger partial charge in [0.2, 0.25) is 0 Å². The third-order valence-electron chi connectivity index (χ3n) is 6.34. The maximum atomic E-state index is 13.3. The number of nitro benzene ring substituents is 2. The monoisotopic (exact) mass is 678 g/mol. The first-order chi connectivity index (χ1) is 21.5. The number of aliphatic imine (C=N–C) groups is 2. The van der Waals surface area contributed by atoms with Crippen LogP contribution in [-0.4, -0.2) is 19.9 Å². The molecule has 0 unspecified atom stereocenters. The van der Waals surface area contributed by atoms with Crippen molar-refractivity contribution < 1.29 is 36.2 Å². The summed E-state index contributed by atoms with van der Waals surface area (Å²) in [6.45, 7) is 3.14. The van der Waals surface area contributed by atoms with E-state index in [2.05, 4.69) is 9.98 Å². The third kappa shape index (κ3) is 8.51. The molecule has 8 nitrogen and oxygen atoms in total. The van der Waals surface area contributed by atoms with Gasteiger partial charge in [-0.05, 0) is 83.0 Å². The smallest absolute Gasteiger partial charge is 0.258 e. The average Bonchev–Trinajstić information content (AvgIpc) is 2.99. The van der Waals surface area contributed by atoms with Gasteiger partial charge in [-0.15, -0.1) is 0 Å². The molecule has 0 saturated carbocycles. The van der Waals surface area contributed by atoms with Crippen LogP contribution >= 0.6 is 21.6 Å². The zero-order chi connectivity index (χ0) is 33.8. The van der Waals surface area contributed by atoms with E-state index in [1.807, 2.05) is 0 Å². The second-order valence-corrected chi connectivity index (χ2v) is 11.7. The highest BCUT2D eigenvalue weighted by atomic mass is 33.1. The Hall–Kier alpha value is -4.70. The van der Waals surface area contributed by atoms with E-state index < -0.39 is 33.3 Å². The van der Waals surface area contributed by atoms with E-state index in [4.69, 9.17) is 0 Å². The maximum Gasteiger partial charge on any atom is 0.416 e. The van der Waals surface area contributed by atoms with E-state index in [0.29, 0.717) is 11.1 Å². The second-order valence-electron chi connectivity index (χ2n) is 9.61. The van der Waals surface area contributed by atoms with Gasteiger partial charge in [0.15, 0.2) is 0 Å². The van der Waals surface area contributed by atoms with Crippen molar-refractivity contribution in [3.05, 3.63) is 139 Å². The highest BCUT2D eigenvalue weighted by Gasteiger charge is 2.31. The molecule has 16 heteroatoms. The Kier molecular flexibility index (Phi) is 10.2. The Labute approximate surface area is 265 Å². The van der Waals surface area contributed by atoms with Crippen molar-refractivity contribution >= 4 is 54.4 Å². The Balaban J connectivity index is 1.80. The molecular formula is C30H20F6N4O4S2. The highest BCUT2D eigenvalue weighted by molar-refractivity contribution is 8.87. The summed E-state index contributed by atoms with van der Waals surface area (Å²) in [5.74, 6) is 0. The predicted octanol–water partition coefficient (Wildman–Crippen LogP) is 10.4. The van der Waals surface area contributed by atoms with Crippen LogP contribution in [0.1, 0.15) is 33.4 Å². The van der Waals surface area contributed by atoms with Crippen molar-refractivity contribution in [2.24, 2.45) is 9.98 Å². The molecule has 0 saturated heterocycles. The molecule has 0 aromatic heterocycles. The first kappa shape index (κ1) is 34.2. The van der Waals surface area contributed by atoms with E-state index in [0.717, 1.165) is 45.9 Å². The average molecular weight is 679 g/mol. The first-order valence-electron chi connectivity index (χ1n) is 12.9. The molecule has 0 heterocycles. The molecule has 0 aliphatic rings. The van der Waals surface area contributed by atoms with Gasteiger partial charge in [-0.2, -0.15) is 26.3 Å². The molecule has 0 spiro atoms. The summed E-state index contributed by atoms with van der Waals surface area (Å²) in [7, 11) is 1.88. The minimum absolute atomic E-state index is 0.163. The summed E-state index contributed by atoms with van der Waals surface area (Å²) in [5.41, 5.74) is -0.302. The zero-order valence-corrected chi connectivity index (χ0v) is 25.2. The summed E-state index contributed by atoms with van der Waals surface area (Å²) < 4.78 is 79.5. The lowest BCUT2D eigenvalue weighted by Gasteiger charge is -2.13. The van der Waals surface area contributed by atoms with Gasteiger partial charge in [0.25, 0.3) is 11.4 Å². The molecule has 4 aromatic carbocycles. The summed E-state index contributed by atoms with van der Waals surface area (Å²) in [6.07, 6.45) is -9.20. The largest absolute Gasteiger partial charge is 0.416 e. The van der Waals surface area contributed by atoms with Gasteiger partial charge in [0, 0.05) is 35.4 Å². The number of non-ortho nitro benzene ring substituents is 2. The van der Waals surface area contributed by atoms with Gasteiger partial charge in [-0.1, -0.05) is 24.3 Å². The Morgan fingerprint density at radius 3 is 1.17 bits per heavy atom. The molecular weight excluding hydrogens is 658 g/mol.